The molecule has 0 aliphatic rings. The van der Waals surface area contributed by atoms with Crippen molar-refractivity contribution in [2.75, 3.05) is 13.2 Å². The van der Waals surface area contributed by atoms with Crippen LogP contribution in [0.25, 0.3) is 0 Å². The standard InChI is InChI=1S/C12H26N2O2/c1-9(2)11(13)12(15)14-7-5-6-8-16-10(3)4/h9-11H,5-8,13H2,1-4H3,(H,14,15)/t11-/m1/s1. The highest BCUT2D eigenvalue weighted by atomic mass is 16.5. The minimum absolute atomic E-state index is 0.0558. The Morgan fingerprint density at radius 1 is 1.25 bits per heavy atom. The molecule has 96 valence electrons. The van der Waals surface area contributed by atoms with Gasteiger partial charge in [0, 0.05) is 13.2 Å². The fourth-order valence-electron chi connectivity index (χ4n) is 1.18. The van der Waals surface area contributed by atoms with Crippen LogP contribution in [0.15, 0.2) is 0 Å². The summed E-state index contributed by atoms with van der Waals surface area (Å²) in [5, 5.41) is 2.83. The molecule has 0 aromatic carbocycles. The molecule has 1 atom stereocenters. The lowest BCUT2D eigenvalue weighted by Crippen LogP contribution is -2.44. The molecule has 0 saturated carbocycles. The average molecular weight is 230 g/mol. The third-order valence-electron chi connectivity index (χ3n) is 2.34. The third-order valence-corrected chi connectivity index (χ3v) is 2.34. The first kappa shape index (κ1) is 15.4. The first-order chi connectivity index (χ1) is 7.45. The van der Waals surface area contributed by atoms with Crippen LogP contribution in [0.1, 0.15) is 40.5 Å². The second kappa shape index (κ2) is 8.53. The van der Waals surface area contributed by atoms with Gasteiger partial charge in [0.2, 0.25) is 5.91 Å². The molecule has 4 heteroatoms. The summed E-state index contributed by atoms with van der Waals surface area (Å²) < 4.78 is 5.40. The molecule has 1 amide bonds. The number of hydrogen-bond acceptors (Lipinski definition) is 3. The summed E-state index contributed by atoms with van der Waals surface area (Å²) in [6, 6.07) is -0.396. The van der Waals surface area contributed by atoms with Gasteiger partial charge in [-0.2, -0.15) is 0 Å². The number of carbonyl (C=O) groups is 1. The van der Waals surface area contributed by atoms with Gasteiger partial charge in [0.25, 0.3) is 0 Å². The lowest BCUT2D eigenvalue weighted by atomic mass is 10.1. The van der Waals surface area contributed by atoms with Crippen molar-refractivity contribution in [3.05, 3.63) is 0 Å². The zero-order valence-electron chi connectivity index (χ0n) is 11.0. The molecular formula is C12H26N2O2. The van der Waals surface area contributed by atoms with Crippen molar-refractivity contribution in [2.45, 2.75) is 52.7 Å². The maximum atomic E-state index is 11.5. The molecule has 0 rings (SSSR count). The van der Waals surface area contributed by atoms with Crippen LogP contribution in [-0.4, -0.2) is 31.2 Å². The summed E-state index contributed by atoms with van der Waals surface area (Å²) in [6.45, 7) is 9.36. The Hall–Kier alpha value is -0.610. The lowest BCUT2D eigenvalue weighted by molar-refractivity contribution is -0.123. The van der Waals surface area contributed by atoms with Gasteiger partial charge in [0.1, 0.15) is 0 Å². The molecule has 4 nitrogen and oxygen atoms in total. The topological polar surface area (TPSA) is 64.3 Å². The summed E-state index contributed by atoms with van der Waals surface area (Å²) >= 11 is 0. The highest BCUT2D eigenvalue weighted by Crippen LogP contribution is 1.98. The van der Waals surface area contributed by atoms with E-state index in [0.29, 0.717) is 6.54 Å². The number of nitrogens with one attached hydrogen (secondary N) is 1. The van der Waals surface area contributed by atoms with E-state index in [1.54, 1.807) is 0 Å². The quantitative estimate of drug-likeness (QED) is 0.618. The zero-order valence-corrected chi connectivity index (χ0v) is 11.0. The molecule has 0 heterocycles. The van der Waals surface area contributed by atoms with E-state index in [4.69, 9.17) is 10.5 Å². The highest BCUT2D eigenvalue weighted by Gasteiger charge is 2.15. The number of carbonyl (C=O) groups excluding carboxylic acids is 1. The van der Waals surface area contributed by atoms with E-state index in [1.165, 1.54) is 0 Å². The smallest absolute Gasteiger partial charge is 0.237 e. The molecule has 0 radical (unpaired) electrons. The molecule has 0 bridgehead atoms. The summed E-state index contributed by atoms with van der Waals surface area (Å²) in [5.41, 5.74) is 5.70. The number of nitrogens with two attached hydrogens (primary N) is 1. The summed E-state index contributed by atoms with van der Waals surface area (Å²) in [5.74, 6) is 0.129. The van der Waals surface area contributed by atoms with Crippen molar-refractivity contribution in [3.63, 3.8) is 0 Å². The molecule has 3 N–H and O–H groups in total. The van der Waals surface area contributed by atoms with E-state index >= 15 is 0 Å². The second-order valence-corrected chi connectivity index (χ2v) is 4.69. The van der Waals surface area contributed by atoms with Crippen molar-refractivity contribution < 1.29 is 9.53 Å². The summed E-state index contributed by atoms with van der Waals surface area (Å²) in [4.78, 5) is 11.5. The van der Waals surface area contributed by atoms with E-state index < -0.39 is 6.04 Å². The first-order valence-corrected chi connectivity index (χ1v) is 6.10. The van der Waals surface area contributed by atoms with Crippen molar-refractivity contribution >= 4 is 5.91 Å². The first-order valence-electron chi connectivity index (χ1n) is 6.10. The largest absolute Gasteiger partial charge is 0.379 e. The molecule has 0 aliphatic heterocycles. The van der Waals surface area contributed by atoms with Crippen LogP contribution in [-0.2, 0) is 9.53 Å². The molecule has 16 heavy (non-hydrogen) atoms. The Labute approximate surface area is 98.9 Å². The normalized spacial score (nSPS) is 13.2. The van der Waals surface area contributed by atoms with E-state index in [2.05, 4.69) is 5.32 Å². The monoisotopic (exact) mass is 230 g/mol. The van der Waals surface area contributed by atoms with Crippen LogP contribution in [0.4, 0.5) is 0 Å². The van der Waals surface area contributed by atoms with E-state index in [0.717, 1.165) is 19.4 Å². The number of rotatable bonds is 8. The Bertz CT molecular complexity index is 193. The van der Waals surface area contributed by atoms with E-state index in [1.807, 2.05) is 27.7 Å². The molecule has 0 fully saturated rings. The van der Waals surface area contributed by atoms with Crippen LogP contribution in [0, 0.1) is 5.92 Å². The molecule has 0 saturated heterocycles. The van der Waals surface area contributed by atoms with Gasteiger partial charge in [-0.15, -0.1) is 0 Å². The number of amides is 1. The van der Waals surface area contributed by atoms with Gasteiger partial charge in [-0.05, 0) is 32.6 Å². The van der Waals surface area contributed by atoms with Crippen LogP contribution in [0.2, 0.25) is 0 Å². The SMILES string of the molecule is CC(C)OCCCCNC(=O)[C@H](N)C(C)C. The van der Waals surface area contributed by atoms with Gasteiger partial charge in [-0.1, -0.05) is 13.8 Å². The highest BCUT2D eigenvalue weighted by molar-refractivity contribution is 5.81. The van der Waals surface area contributed by atoms with Crippen molar-refractivity contribution in [1.29, 1.82) is 0 Å². The van der Waals surface area contributed by atoms with Crippen LogP contribution < -0.4 is 11.1 Å². The fraction of sp³-hybridized carbons (Fsp3) is 0.917. The number of unbranched alkanes of at least 4 members (excludes halogenated alkanes) is 1. The zero-order chi connectivity index (χ0) is 12.6. The Morgan fingerprint density at radius 2 is 1.88 bits per heavy atom. The lowest BCUT2D eigenvalue weighted by Gasteiger charge is -2.15. The van der Waals surface area contributed by atoms with Gasteiger partial charge in [0.05, 0.1) is 12.1 Å². The van der Waals surface area contributed by atoms with Gasteiger partial charge < -0.3 is 15.8 Å². The third kappa shape index (κ3) is 7.65. The summed E-state index contributed by atoms with van der Waals surface area (Å²) in [6.07, 6.45) is 2.18. The molecule has 0 aromatic rings. The van der Waals surface area contributed by atoms with Gasteiger partial charge in [-0.3, -0.25) is 4.79 Å². The van der Waals surface area contributed by atoms with Crippen LogP contribution >= 0.6 is 0 Å². The maximum Gasteiger partial charge on any atom is 0.237 e. The van der Waals surface area contributed by atoms with E-state index in [9.17, 15) is 4.79 Å². The maximum absolute atomic E-state index is 11.5. The van der Waals surface area contributed by atoms with Gasteiger partial charge >= 0.3 is 0 Å². The molecule has 0 spiro atoms. The number of hydrogen-bond donors (Lipinski definition) is 2. The van der Waals surface area contributed by atoms with Crippen LogP contribution in [0.5, 0.6) is 0 Å². The molecule has 0 aliphatic carbocycles. The van der Waals surface area contributed by atoms with Gasteiger partial charge in [-0.25, -0.2) is 0 Å². The van der Waals surface area contributed by atoms with Gasteiger partial charge in [0.15, 0.2) is 0 Å². The Morgan fingerprint density at radius 3 is 2.38 bits per heavy atom. The average Bonchev–Trinajstić information content (AvgIpc) is 2.21. The summed E-state index contributed by atoms with van der Waals surface area (Å²) in [7, 11) is 0. The minimum Gasteiger partial charge on any atom is -0.379 e. The number of ether oxygens (including phenoxy) is 1. The Balaban J connectivity index is 3.41. The van der Waals surface area contributed by atoms with E-state index in [-0.39, 0.29) is 17.9 Å². The van der Waals surface area contributed by atoms with Crippen molar-refractivity contribution in [3.8, 4) is 0 Å². The van der Waals surface area contributed by atoms with Crippen molar-refractivity contribution in [1.82, 2.24) is 5.32 Å². The molecular weight excluding hydrogens is 204 g/mol. The second-order valence-electron chi connectivity index (χ2n) is 4.69. The predicted molar refractivity (Wildman–Crippen MR) is 66.1 cm³/mol. The molecule has 0 unspecified atom stereocenters. The minimum atomic E-state index is -0.396. The van der Waals surface area contributed by atoms with Crippen LogP contribution in [0.3, 0.4) is 0 Å². The molecule has 0 aromatic heterocycles. The Kier molecular flexibility index (Phi) is 8.21. The fourth-order valence-corrected chi connectivity index (χ4v) is 1.18. The van der Waals surface area contributed by atoms with Crippen molar-refractivity contribution in [2.24, 2.45) is 11.7 Å². The predicted octanol–water partition coefficient (Wildman–Crippen LogP) is 1.29.